The van der Waals surface area contributed by atoms with Crippen LogP contribution < -0.4 is 0 Å². The fourth-order valence-corrected chi connectivity index (χ4v) is 2.66. The van der Waals surface area contributed by atoms with Gasteiger partial charge in [-0.25, -0.2) is 0 Å². The minimum absolute atomic E-state index is 0.145. The molecule has 0 aromatic carbocycles. The van der Waals surface area contributed by atoms with E-state index in [1.165, 1.54) is 22.3 Å². The lowest BCUT2D eigenvalue weighted by molar-refractivity contribution is 0.341. The van der Waals surface area contributed by atoms with E-state index in [1.807, 2.05) is 6.08 Å². The maximum absolute atomic E-state index is 8.88. The van der Waals surface area contributed by atoms with Crippen molar-refractivity contribution in [3.05, 3.63) is 59.3 Å². The fraction of sp³-hybridized carbons (Fsp3) is 0.600. The summed E-state index contributed by atoms with van der Waals surface area (Å²) >= 11 is 0. The minimum Gasteiger partial charge on any atom is -0.392 e. The molecule has 0 atom stereocenters. The number of rotatable bonds is 13. The van der Waals surface area contributed by atoms with Gasteiger partial charge in [0.2, 0.25) is 0 Å². The zero-order valence-corrected chi connectivity index (χ0v) is 18.2. The molecule has 0 saturated carbocycles. The summed E-state index contributed by atoms with van der Waals surface area (Å²) in [7, 11) is 0. The van der Waals surface area contributed by atoms with E-state index in [0.717, 1.165) is 44.9 Å². The highest BCUT2D eigenvalue weighted by atomic mass is 16.2. The smallest absolute Gasteiger partial charge is 0.0614 e. The largest absolute Gasteiger partial charge is 0.392 e. The van der Waals surface area contributed by atoms with Crippen LogP contribution in [0.3, 0.4) is 0 Å². The fourth-order valence-electron chi connectivity index (χ4n) is 2.66. The Balaban J connectivity index is 4.18. The Morgan fingerprint density at radius 2 is 1.50 bits per heavy atom. The molecule has 0 radical (unpaired) electrons. The molecule has 0 aromatic heterocycles. The van der Waals surface area contributed by atoms with Crippen molar-refractivity contribution >= 4 is 0 Å². The van der Waals surface area contributed by atoms with Crippen molar-refractivity contribution in [3.63, 3.8) is 0 Å². The van der Waals surface area contributed by atoms with E-state index in [0.29, 0.717) is 0 Å². The SMILES string of the molecule is C=C(C/C=C(\C)CCC=C(C)C)CCC(C)(C)/C=C/CC/C(C)=C\CO. The van der Waals surface area contributed by atoms with Crippen molar-refractivity contribution in [1.29, 1.82) is 0 Å². The summed E-state index contributed by atoms with van der Waals surface area (Å²) in [6.45, 7) is 17.6. The molecule has 0 saturated heterocycles. The molecule has 0 aliphatic rings. The Hall–Kier alpha value is -1.34. The third-order valence-electron chi connectivity index (χ3n) is 4.67. The average Bonchev–Trinajstić information content (AvgIpc) is 2.55. The Morgan fingerprint density at radius 3 is 2.12 bits per heavy atom. The summed E-state index contributed by atoms with van der Waals surface area (Å²) in [6.07, 6.45) is 18.7. The lowest BCUT2D eigenvalue weighted by Gasteiger charge is -2.20. The van der Waals surface area contributed by atoms with E-state index >= 15 is 0 Å². The highest BCUT2D eigenvalue weighted by Gasteiger charge is 2.13. The molecule has 0 spiro atoms. The minimum atomic E-state index is 0.145. The predicted molar refractivity (Wildman–Crippen MR) is 118 cm³/mol. The van der Waals surface area contributed by atoms with E-state index in [4.69, 9.17) is 5.11 Å². The molecule has 0 unspecified atom stereocenters. The van der Waals surface area contributed by atoms with Crippen LogP contribution in [0.1, 0.15) is 86.5 Å². The van der Waals surface area contributed by atoms with Crippen LogP contribution >= 0.6 is 0 Å². The Labute approximate surface area is 163 Å². The summed E-state index contributed by atoms with van der Waals surface area (Å²) in [6, 6.07) is 0. The zero-order valence-electron chi connectivity index (χ0n) is 18.2. The Morgan fingerprint density at radius 1 is 0.885 bits per heavy atom. The van der Waals surface area contributed by atoms with Gasteiger partial charge in [0.05, 0.1) is 6.61 Å². The van der Waals surface area contributed by atoms with Gasteiger partial charge in [-0.2, -0.15) is 0 Å². The van der Waals surface area contributed by atoms with Crippen molar-refractivity contribution < 1.29 is 5.11 Å². The quantitative estimate of drug-likeness (QED) is 0.334. The standard InChI is InChI=1S/C25H42O/c1-21(2)11-10-13-22(3)14-15-24(5)16-19-25(6,7)18-9-8-12-23(4)17-20-26/h9,11,14,17-18,26H,5,8,10,12-13,15-16,19-20H2,1-4,6-7H3/b18-9+,22-14+,23-17-. The second-order valence-electron chi connectivity index (χ2n) is 8.49. The lowest BCUT2D eigenvalue weighted by Crippen LogP contribution is -2.07. The first kappa shape index (κ1) is 24.7. The maximum atomic E-state index is 8.88. The monoisotopic (exact) mass is 358 g/mol. The van der Waals surface area contributed by atoms with Crippen LogP contribution in [-0.2, 0) is 0 Å². The van der Waals surface area contributed by atoms with Gasteiger partial charge in [0.15, 0.2) is 0 Å². The maximum Gasteiger partial charge on any atom is 0.0614 e. The predicted octanol–water partition coefficient (Wildman–Crippen LogP) is 7.71. The van der Waals surface area contributed by atoms with Crippen LogP contribution in [0.25, 0.3) is 0 Å². The molecule has 148 valence electrons. The van der Waals surface area contributed by atoms with Gasteiger partial charge in [-0.1, -0.05) is 73.1 Å². The normalized spacial score (nSPS) is 13.3. The van der Waals surface area contributed by atoms with Crippen LogP contribution in [0, 0.1) is 5.41 Å². The van der Waals surface area contributed by atoms with Gasteiger partial charge in [-0.3, -0.25) is 0 Å². The molecule has 0 aliphatic carbocycles. The van der Waals surface area contributed by atoms with E-state index in [2.05, 4.69) is 72.4 Å². The van der Waals surface area contributed by atoms with E-state index in [1.54, 1.807) is 0 Å². The van der Waals surface area contributed by atoms with Gasteiger partial charge < -0.3 is 5.11 Å². The third-order valence-corrected chi connectivity index (χ3v) is 4.67. The van der Waals surface area contributed by atoms with Crippen molar-refractivity contribution in [2.45, 2.75) is 86.5 Å². The molecule has 0 bridgehead atoms. The first-order valence-electron chi connectivity index (χ1n) is 10.1. The third kappa shape index (κ3) is 15.0. The van der Waals surface area contributed by atoms with E-state index in [-0.39, 0.29) is 12.0 Å². The number of aliphatic hydroxyl groups excluding tert-OH is 1. The molecule has 26 heavy (non-hydrogen) atoms. The molecular formula is C25H42O. The summed E-state index contributed by atoms with van der Waals surface area (Å²) in [5, 5.41) is 8.88. The molecule has 0 fully saturated rings. The van der Waals surface area contributed by atoms with E-state index < -0.39 is 0 Å². The molecular weight excluding hydrogens is 316 g/mol. The topological polar surface area (TPSA) is 20.2 Å². The summed E-state index contributed by atoms with van der Waals surface area (Å²) in [5.74, 6) is 0. The highest BCUT2D eigenvalue weighted by molar-refractivity contribution is 5.10. The van der Waals surface area contributed by atoms with Crippen LogP contribution in [-0.4, -0.2) is 11.7 Å². The van der Waals surface area contributed by atoms with Gasteiger partial charge in [-0.05, 0) is 78.1 Å². The Bertz CT molecular complexity index is 522. The van der Waals surface area contributed by atoms with Gasteiger partial charge in [0, 0.05) is 0 Å². The second kappa shape index (κ2) is 13.8. The van der Waals surface area contributed by atoms with Crippen molar-refractivity contribution in [3.8, 4) is 0 Å². The average molecular weight is 359 g/mol. The molecule has 0 amide bonds. The van der Waals surface area contributed by atoms with Crippen LogP contribution in [0.4, 0.5) is 0 Å². The Kier molecular flexibility index (Phi) is 13.1. The van der Waals surface area contributed by atoms with Crippen LogP contribution in [0.2, 0.25) is 0 Å². The zero-order chi connectivity index (χ0) is 20.0. The van der Waals surface area contributed by atoms with Crippen LogP contribution in [0.15, 0.2) is 59.3 Å². The van der Waals surface area contributed by atoms with Crippen molar-refractivity contribution in [2.75, 3.05) is 6.61 Å². The summed E-state index contributed by atoms with van der Waals surface area (Å²) in [5.41, 5.74) is 5.66. The van der Waals surface area contributed by atoms with Gasteiger partial charge in [0.1, 0.15) is 0 Å². The molecule has 0 aliphatic heterocycles. The second-order valence-corrected chi connectivity index (χ2v) is 8.49. The number of allylic oxidation sites excluding steroid dienone is 8. The van der Waals surface area contributed by atoms with E-state index in [9.17, 15) is 0 Å². The van der Waals surface area contributed by atoms with Gasteiger partial charge in [-0.15, -0.1) is 0 Å². The van der Waals surface area contributed by atoms with Crippen LogP contribution in [0.5, 0.6) is 0 Å². The number of hydrogen-bond acceptors (Lipinski definition) is 1. The summed E-state index contributed by atoms with van der Waals surface area (Å²) in [4.78, 5) is 0. The molecule has 1 nitrogen and oxygen atoms in total. The van der Waals surface area contributed by atoms with Gasteiger partial charge >= 0.3 is 0 Å². The molecule has 1 N–H and O–H groups in total. The lowest BCUT2D eigenvalue weighted by atomic mass is 9.85. The molecule has 0 aromatic rings. The molecule has 0 heterocycles. The highest BCUT2D eigenvalue weighted by Crippen LogP contribution is 2.27. The van der Waals surface area contributed by atoms with Crippen molar-refractivity contribution in [2.24, 2.45) is 5.41 Å². The first-order valence-corrected chi connectivity index (χ1v) is 10.1. The first-order chi connectivity index (χ1) is 12.2. The van der Waals surface area contributed by atoms with Crippen molar-refractivity contribution in [1.82, 2.24) is 0 Å². The number of hydrogen-bond donors (Lipinski definition) is 1. The molecule has 0 rings (SSSR count). The molecule has 1 heteroatoms. The van der Waals surface area contributed by atoms with Gasteiger partial charge in [0.25, 0.3) is 0 Å². The number of aliphatic hydroxyl groups is 1. The summed E-state index contributed by atoms with van der Waals surface area (Å²) < 4.78 is 0.